The van der Waals surface area contributed by atoms with E-state index >= 15 is 0 Å². The van der Waals surface area contributed by atoms with Crippen LogP contribution in [0.4, 0.5) is 5.95 Å². The van der Waals surface area contributed by atoms with Crippen molar-refractivity contribution in [2.24, 2.45) is 0 Å². The molecule has 5 nitrogen and oxygen atoms in total. The molecule has 0 amide bonds. The summed E-state index contributed by atoms with van der Waals surface area (Å²) in [5.74, 6) is 0.691. The topological polar surface area (TPSA) is 73.9 Å². The molecule has 6 heteroatoms. The van der Waals surface area contributed by atoms with Gasteiger partial charge in [0.25, 0.3) is 0 Å². The number of nitrogens with two attached hydrogens (primary N) is 1. The van der Waals surface area contributed by atoms with E-state index in [9.17, 15) is 0 Å². The summed E-state index contributed by atoms with van der Waals surface area (Å²) in [5.41, 5.74) is 6.96. The molecule has 0 unspecified atom stereocenters. The lowest BCUT2D eigenvalue weighted by molar-refractivity contribution is 0.308. The Morgan fingerprint density at radius 2 is 1.85 bits per heavy atom. The molecule has 0 fully saturated rings. The van der Waals surface area contributed by atoms with Crippen LogP contribution in [0, 0.1) is 0 Å². The minimum atomic E-state index is 0.171. The first-order chi connectivity index (χ1) is 9.58. The van der Waals surface area contributed by atoms with Gasteiger partial charge in [0.1, 0.15) is 0 Å². The van der Waals surface area contributed by atoms with Crippen LogP contribution in [-0.4, -0.2) is 21.6 Å². The number of hydrogen-bond acceptors (Lipinski definition) is 6. The lowest BCUT2D eigenvalue weighted by Crippen LogP contribution is -2.04. The lowest BCUT2D eigenvalue weighted by atomic mass is 10.0. The van der Waals surface area contributed by atoms with E-state index in [-0.39, 0.29) is 12.0 Å². The Labute approximate surface area is 123 Å². The average Bonchev–Trinajstić information content (AvgIpc) is 2.39. The number of benzene rings is 1. The quantitative estimate of drug-likeness (QED) is 0.912. The van der Waals surface area contributed by atoms with Gasteiger partial charge in [0.2, 0.25) is 11.1 Å². The van der Waals surface area contributed by atoms with E-state index < -0.39 is 0 Å². The summed E-state index contributed by atoms with van der Waals surface area (Å²) in [6.45, 7) is 6.71. The van der Waals surface area contributed by atoms with E-state index in [0.29, 0.717) is 17.7 Å². The molecule has 0 radical (unpaired) electrons. The fraction of sp³-hybridized carbons (Fsp3) is 0.357. The zero-order valence-electron chi connectivity index (χ0n) is 11.8. The third-order valence-corrected chi connectivity index (χ3v) is 3.51. The monoisotopic (exact) mass is 290 g/mol. The smallest absolute Gasteiger partial charge is 0.322 e. The molecule has 0 aliphatic carbocycles. The number of anilines is 1. The van der Waals surface area contributed by atoms with Crippen LogP contribution in [0.2, 0.25) is 0 Å². The van der Waals surface area contributed by atoms with Gasteiger partial charge in [-0.1, -0.05) is 26.0 Å². The molecule has 20 heavy (non-hydrogen) atoms. The number of nitrogen functional groups attached to an aromatic ring is 1. The van der Waals surface area contributed by atoms with Crippen molar-refractivity contribution in [3.63, 3.8) is 0 Å². The van der Waals surface area contributed by atoms with Gasteiger partial charge in [-0.25, -0.2) is 0 Å². The van der Waals surface area contributed by atoms with Crippen molar-refractivity contribution in [2.75, 3.05) is 12.3 Å². The van der Waals surface area contributed by atoms with E-state index in [1.807, 2.05) is 6.92 Å². The number of rotatable bonds is 5. The Morgan fingerprint density at radius 1 is 1.15 bits per heavy atom. The molecule has 0 spiro atoms. The van der Waals surface area contributed by atoms with Crippen molar-refractivity contribution in [3.8, 4) is 6.01 Å². The summed E-state index contributed by atoms with van der Waals surface area (Å²) in [6, 6.07) is 8.60. The minimum absolute atomic E-state index is 0.171. The predicted molar refractivity (Wildman–Crippen MR) is 80.1 cm³/mol. The summed E-state index contributed by atoms with van der Waals surface area (Å²) < 4.78 is 5.26. The maximum absolute atomic E-state index is 5.65. The molecule has 2 aromatic rings. The van der Waals surface area contributed by atoms with Crippen LogP contribution in [0.25, 0.3) is 0 Å². The molecule has 0 aliphatic heterocycles. The third-order valence-electron chi connectivity index (χ3n) is 2.64. The van der Waals surface area contributed by atoms with Crippen molar-refractivity contribution in [3.05, 3.63) is 29.8 Å². The molecule has 106 valence electrons. The van der Waals surface area contributed by atoms with Crippen LogP contribution in [0.15, 0.2) is 34.3 Å². The second-order valence-corrected chi connectivity index (χ2v) is 5.56. The third kappa shape index (κ3) is 3.84. The first-order valence-corrected chi connectivity index (χ1v) is 7.32. The fourth-order valence-corrected chi connectivity index (χ4v) is 2.36. The summed E-state index contributed by atoms with van der Waals surface area (Å²) in [5, 5.41) is 0.540. The highest BCUT2D eigenvalue weighted by Gasteiger charge is 2.07. The molecule has 1 aromatic carbocycles. The maximum Gasteiger partial charge on any atom is 0.322 e. The normalized spacial score (nSPS) is 10.8. The molecule has 0 saturated carbocycles. The molecular formula is C14H18N4OS. The van der Waals surface area contributed by atoms with Crippen molar-refractivity contribution >= 4 is 17.7 Å². The zero-order valence-corrected chi connectivity index (χ0v) is 12.6. The van der Waals surface area contributed by atoms with Crippen LogP contribution >= 0.6 is 11.8 Å². The molecule has 2 N–H and O–H groups in total. The Hall–Kier alpha value is -1.82. The van der Waals surface area contributed by atoms with E-state index in [1.165, 1.54) is 17.3 Å². The van der Waals surface area contributed by atoms with Gasteiger partial charge in [0, 0.05) is 4.90 Å². The van der Waals surface area contributed by atoms with Gasteiger partial charge in [-0.15, -0.1) is 0 Å². The van der Waals surface area contributed by atoms with Crippen LogP contribution in [-0.2, 0) is 0 Å². The van der Waals surface area contributed by atoms with Crippen molar-refractivity contribution in [1.82, 2.24) is 15.0 Å². The van der Waals surface area contributed by atoms with Crippen LogP contribution < -0.4 is 10.5 Å². The highest BCUT2D eigenvalue weighted by molar-refractivity contribution is 7.99. The molecule has 1 aromatic heterocycles. The standard InChI is InChI=1S/C14H18N4OS/c1-4-19-13-16-12(15)17-14(18-13)20-11-7-5-10(6-8-11)9(2)3/h5-9H,4H2,1-3H3,(H2,15,16,17,18). The van der Waals surface area contributed by atoms with Crippen LogP contribution in [0.3, 0.4) is 0 Å². The Balaban J connectivity index is 2.16. The first kappa shape index (κ1) is 14.6. The SMILES string of the molecule is CCOc1nc(N)nc(Sc2ccc(C(C)C)cc2)n1. The number of nitrogens with zero attached hydrogens (tertiary/aromatic N) is 3. The Kier molecular flexibility index (Phi) is 4.79. The van der Waals surface area contributed by atoms with E-state index in [2.05, 4.69) is 53.1 Å². The van der Waals surface area contributed by atoms with Gasteiger partial charge in [0.05, 0.1) is 6.61 Å². The molecular weight excluding hydrogens is 272 g/mol. The molecule has 0 saturated heterocycles. The van der Waals surface area contributed by atoms with E-state index in [0.717, 1.165) is 4.90 Å². The predicted octanol–water partition coefficient (Wildman–Crippen LogP) is 3.13. The van der Waals surface area contributed by atoms with E-state index in [4.69, 9.17) is 10.5 Å². The second-order valence-electron chi connectivity index (χ2n) is 4.52. The number of aromatic nitrogens is 3. The Morgan fingerprint density at radius 3 is 2.45 bits per heavy atom. The largest absolute Gasteiger partial charge is 0.464 e. The maximum atomic E-state index is 5.65. The van der Waals surface area contributed by atoms with Gasteiger partial charge in [-0.2, -0.15) is 15.0 Å². The number of hydrogen-bond donors (Lipinski definition) is 1. The minimum Gasteiger partial charge on any atom is -0.464 e. The number of ether oxygens (including phenoxy) is 1. The molecule has 0 atom stereocenters. The molecule has 0 bridgehead atoms. The van der Waals surface area contributed by atoms with Gasteiger partial charge in [-0.3, -0.25) is 0 Å². The van der Waals surface area contributed by atoms with Gasteiger partial charge >= 0.3 is 6.01 Å². The molecule has 2 rings (SSSR count). The van der Waals surface area contributed by atoms with Crippen LogP contribution in [0.1, 0.15) is 32.3 Å². The first-order valence-electron chi connectivity index (χ1n) is 6.50. The van der Waals surface area contributed by atoms with Gasteiger partial charge < -0.3 is 10.5 Å². The molecule has 0 aliphatic rings. The second kappa shape index (κ2) is 6.56. The van der Waals surface area contributed by atoms with Gasteiger partial charge in [-0.05, 0) is 42.3 Å². The van der Waals surface area contributed by atoms with Gasteiger partial charge in [0.15, 0.2) is 0 Å². The fourth-order valence-electron chi connectivity index (χ4n) is 1.62. The highest BCUT2D eigenvalue weighted by atomic mass is 32.2. The zero-order chi connectivity index (χ0) is 14.5. The summed E-state index contributed by atoms with van der Waals surface area (Å²) in [6.07, 6.45) is 0. The highest BCUT2D eigenvalue weighted by Crippen LogP contribution is 2.27. The van der Waals surface area contributed by atoms with Crippen molar-refractivity contribution < 1.29 is 4.74 Å². The lowest BCUT2D eigenvalue weighted by Gasteiger charge is -2.07. The van der Waals surface area contributed by atoms with Crippen molar-refractivity contribution in [2.45, 2.75) is 36.7 Å². The van der Waals surface area contributed by atoms with Crippen molar-refractivity contribution in [1.29, 1.82) is 0 Å². The summed E-state index contributed by atoms with van der Waals surface area (Å²) in [7, 11) is 0. The summed E-state index contributed by atoms with van der Waals surface area (Å²) in [4.78, 5) is 13.3. The molecule has 1 heterocycles. The van der Waals surface area contributed by atoms with Crippen LogP contribution in [0.5, 0.6) is 6.01 Å². The van der Waals surface area contributed by atoms with E-state index in [1.54, 1.807) is 0 Å². The average molecular weight is 290 g/mol. The Bertz CT molecular complexity index is 572. The summed E-state index contributed by atoms with van der Waals surface area (Å²) >= 11 is 1.44.